The average Bonchev–Trinajstić information content (AvgIpc) is 2.70. The van der Waals surface area contributed by atoms with Gasteiger partial charge in [0.1, 0.15) is 10.9 Å². The molecule has 0 N–H and O–H groups in total. The van der Waals surface area contributed by atoms with Crippen molar-refractivity contribution in [2.24, 2.45) is 0 Å². The van der Waals surface area contributed by atoms with Crippen LogP contribution in [0.2, 0.25) is 0 Å². The highest BCUT2D eigenvalue weighted by atomic mass is 32.2. The van der Waals surface area contributed by atoms with Crippen LogP contribution in [0.15, 0.2) is 59.8 Å². The van der Waals surface area contributed by atoms with E-state index in [4.69, 9.17) is 0 Å². The van der Waals surface area contributed by atoms with E-state index in [1.165, 1.54) is 10.5 Å². The van der Waals surface area contributed by atoms with E-state index in [-0.39, 0.29) is 10.8 Å². The lowest BCUT2D eigenvalue weighted by Crippen LogP contribution is -2.52. The van der Waals surface area contributed by atoms with Crippen molar-refractivity contribution < 1.29 is 13.2 Å². The number of nitrogens with zero attached hydrogens (tertiary/aromatic N) is 4. The van der Waals surface area contributed by atoms with Crippen LogP contribution in [-0.2, 0) is 14.8 Å². The molecule has 0 spiro atoms. The summed E-state index contributed by atoms with van der Waals surface area (Å²) in [7, 11) is -0.0886. The molecule has 1 unspecified atom stereocenters. The molecule has 1 aliphatic heterocycles. The summed E-state index contributed by atoms with van der Waals surface area (Å²) in [5, 5.41) is 0. The van der Waals surface area contributed by atoms with Crippen molar-refractivity contribution >= 4 is 15.9 Å². The van der Waals surface area contributed by atoms with E-state index in [9.17, 15) is 13.2 Å². The minimum atomic E-state index is -3.56. The van der Waals surface area contributed by atoms with Gasteiger partial charge in [-0.1, -0.05) is 30.3 Å². The van der Waals surface area contributed by atoms with E-state index >= 15 is 0 Å². The van der Waals surface area contributed by atoms with Gasteiger partial charge in [0.25, 0.3) is 0 Å². The molecule has 3 rings (SSSR count). The third kappa shape index (κ3) is 4.18. The summed E-state index contributed by atoms with van der Waals surface area (Å²) in [5.74, 6) is -0.00948. The maximum Gasteiger partial charge on any atom is 0.244 e. The number of hydrogen-bond donors (Lipinski definition) is 0. The van der Waals surface area contributed by atoms with Gasteiger partial charge in [0.15, 0.2) is 0 Å². The first-order valence-corrected chi connectivity index (χ1v) is 10.3. The molecule has 0 bridgehead atoms. The summed E-state index contributed by atoms with van der Waals surface area (Å²) >= 11 is 0. The fourth-order valence-electron chi connectivity index (χ4n) is 3.24. The van der Waals surface area contributed by atoms with Gasteiger partial charge in [-0.05, 0) is 17.7 Å². The molecule has 1 saturated heterocycles. The zero-order chi connectivity index (χ0) is 19.4. The third-order valence-corrected chi connectivity index (χ3v) is 6.58. The fourth-order valence-corrected chi connectivity index (χ4v) is 4.63. The minimum Gasteiger partial charge on any atom is -0.347 e. The van der Waals surface area contributed by atoms with E-state index in [1.807, 2.05) is 35.2 Å². The molecular formula is C19H24N4O3S. The Balaban J connectivity index is 1.77. The smallest absolute Gasteiger partial charge is 0.244 e. The molecule has 1 amide bonds. The number of hydrogen-bond acceptors (Lipinski definition) is 5. The second kappa shape index (κ2) is 8.16. The Morgan fingerprint density at radius 2 is 1.70 bits per heavy atom. The van der Waals surface area contributed by atoms with Crippen LogP contribution in [0.4, 0.5) is 0 Å². The Bertz CT molecular complexity index is 864. The van der Waals surface area contributed by atoms with E-state index < -0.39 is 16.1 Å². The summed E-state index contributed by atoms with van der Waals surface area (Å²) in [6.07, 6.45) is 2.92. The number of pyridine rings is 1. The van der Waals surface area contributed by atoms with Crippen LogP contribution >= 0.6 is 0 Å². The van der Waals surface area contributed by atoms with E-state index in [2.05, 4.69) is 4.98 Å². The Labute approximate surface area is 160 Å². The van der Waals surface area contributed by atoms with Gasteiger partial charge in [-0.25, -0.2) is 8.42 Å². The second-order valence-corrected chi connectivity index (χ2v) is 8.61. The predicted molar refractivity (Wildman–Crippen MR) is 102 cm³/mol. The topological polar surface area (TPSA) is 73.8 Å². The maximum absolute atomic E-state index is 12.8. The summed E-state index contributed by atoms with van der Waals surface area (Å²) in [4.78, 5) is 20.5. The Morgan fingerprint density at radius 1 is 1.04 bits per heavy atom. The molecule has 0 saturated carbocycles. The first-order valence-electron chi connectivity index (χ1n) is 8.81. The highest BCUT2D eigenvalue weighted by Crippen LogP contribution is 2.25. The van der Waals surface area contributed by atoms with Gasteiger partial charge >= 0.3 is 0 Å². The summed E-state index contributed by atoms with van der Waals surface area (Å²) in [5.41, 5.74) is 0.916. The molecule has 0 radical (unpaired) electrons. The second-order valence-electron chi connectivity index (χ2n) is 6.67. The van der Waals surface area contributed by atoms with Gasteiger partial charge in [0.2, 0.25) is 15.9 Å². The van der Waals surface area contributed by atoms with Crippen LogP contribution in [0, 0.1) is 0 Å². The quantitative estimate of drug-likeness (QED) is 0.770. The van der Waals surface area contributed by atoms with Crippen LogP contribution in [0.5, 0.6) is 0 Å². The van der Waals surface area contributed by atoms with Crippen molar-refractivity contribution in [1.29, 1.82) is 0 Å². The normalized spacial score (nSPS) is 17.4. The summed E-state index contributed by atoms with van der Waals surface area (Å²) < 4.78 is 27.0. The zero-order valence-corrected chi connectivity index (χ0v) is 16.3. The molecule has 8 heteroatoms. The van der Waals surface area contributed by atoms with Gasteiger partial charge < -0.3 is 4.90 Å². The predicted octanol–water partition coefficient (Wildman–Crippen LogP) is 1.22. The Hall–Kier alpha value is -2.29. The van der Waals surface area contributed by atoms with Gasteiger partial charge in [0.05, 0.1) is 0 Å². The Kier molecular flexibility index (Phi) is 5.88. The van der Waals surface area contributed by atoms with E-state index in [1.54, 1.807) is 37.3 Å². The molecule has 2 aromatic rings. The largest absolute Gasteiger partial charge is 0.347 e. The maximum atomic E-state index is 12.8. The molecule has 27 heavy (non-hydrogen) atoms. The molecule has 7 nitrogen and oxygen atoms in total. The Morgan fingerprint density at radius 3 is 2.26 bits per heavy atom. The number of sulfonamides is 1. The van der Waals surface area contributed by atoms with Gasteiger partial charge in [-0.3, -0.25) is 14.7 Å². The first-order chi connectivity index (χ1) is 12.9. The molecule has 2 heterocycles. The highest BCUT2D eigenvalue weighted by molar-refractivity contribution is 7.89. The molecule has 1 fully saturated rings. The van der Waals surface area contributed by atoms with Crippen LogP contribution in [-0.4, -0.2) is 73.7 Å². The van der Waals surface area contributed by atoms with Crippen molar-refractivity contribution in [2.75, 3.05) is 40.3 Å². The lowest BCUT2D eigenvalue weighted by Gasteiger charge is -2.39. The molecule has 144 valence electrons. The number of benzene rings is 1. The van der Waals surface area contributed by atoms with Crippen LogP contribution < -0.4 is 0 Å². The van der Waals surface area contributed by atoms with Crippen molar-refractivity contribution in [1.82, 2.24) is 19.1 Å². The van der Waals surface area contributed by atoms with Gasteiger partial charge in [-0.15, -0.1) is 0 Å². The molecule has 1 aliphatic rings. The van der Waals surface area contributed by atoms with Crippen LogP contribution in [0.3, 0.4) is 0 Å². The summed E-state index contributed by atoms with van der Waals surface area (Å²) in [6, 6.07) is 12.4. The summed E-state index contributed by atoms with van der Waals surface area (Å²) in [6.45, 7) is 1.64. The fraction of sp³-hybridized carbons (Fsp3) is 0.368. The molecular weight excluding hydrogens is 364 g/mol. The van der Waals surface area contributed by atoms with Gasteiger partial charge in [-0.2, -0.15) is 4.31 Å². The zero-order valence-electron chi connectivity index (χ0n) is 15.5. The number of amides is 1. The number of likely N-dealkylation sites (N-methyl/N-ethyl adjacent to an activating group) is 1. The number of carbonyl (C=O) groups excluding carboxylic acids is 1. The SMILES string of the molecule is CN(C)C(=O)C(c1ccccc1)N1CCN(S(=O)(=O)c2cccnc2)CC1. The van der Waals surface area contributed by atoms with Crippen molar-refractivity contribution in [3.63, 3.8) is 0 Å². The van der Waals surface area contributed by atoms with Gasteiger partial charge in [0, 0.05) is 52.7 Å². The number of aromatic nitrogens is 1. The van der Waals surface area contributed by atoms with E-state index in [0.29, 0.717) is 26.2 Å². The number of carbonyl (C=O) groups is 1. The van der Waals surface area contributed by atoms with Crippen LogP contribution in [0.1, 0.15) is 11.6 Å². The highest BCUT2D eigenvalue weighted by Gasteiger charge is 2.35. The number of rotatable bonds is 5. The lowest BCUT2D eigenvalue weighted by molar-refractivity contribution is -0.135. The molecule has 1 atom stereocenters. The lowest BCUT2D eigenvalue weighted by atomic mass is 10.0. The molecule has 1 aromatic heterocycles. The van der Waals surface area contributed by atoms with Crippen LogP contribution in [0.25, 0.3) is 0 Å². The molecule has 1 aromatic carbocycles. The van der Waals surface area contributed by atoms with E-state index in [0.717, 1.165) is 5.56 Å². The first kappa shape index (κ1) is 19.5. The third-order valence-electron chi connectivity index (χ3n) is 4.70. The van der Waals surface area contributed by atoms with Crippen molar-refractivity contribution in [2.45, 2.75) is 10.9 Å². The monoisotopic (exact) mass is 388 g/mol. The molecule has 0 aliphatic carbocycles. The van der Waals surface area contributed by atoms with Crippen molar-refractivity contribution in [3.8, 4) is 0 Å². The van der Waals surface area contributed by atoms with Crippen molar-refractivity contribution in [3.05, 3.63) is 60.4 Å². The minimum absolute atomic E-state index is 0.00948. The standard InChI is InChI=1S/C19H24N4O3S/c1-21(2)19(24)18(16-7-4-3-5-8-16)22-11-13-23(14-12-22)27(25,26)17-9-6-10-20-15-17/h3-10,15,18H,11-14H2,1-2H3. The average molecular weight is 388 g/mol. The number of piperazine rings is 1.